The molecule has 21 heavy (non-hydrogen) atoms. The van der Waals surface area contributed by atoms with Gasteiger partial charge in [-0.1, -0.05) is 24.2 Å². The maximum atomic E-state index is 9.03. The summed E-state index contributed by atoms with van der Waals surface area (Å²) in [6, 6.07) is 7.46. The van der Waals surface area contributed by atoms with Crippen molar-refractivity contribution in [3.63, 3.8) is 0 Å². The molecule has 1 aromatic carbocycles. The molecule has 0 bridgehead atoms. The molecule has 0 radical (unpaired) electrons. The first-order valence-corrected chi connectivity index (χ1v) is 6.93. The number of hydrogen-bond acceptors (Lipinski definition) is 6. The van der Waals surface area contributed by atoms with Crippen LogP contribution in [0.2, 0.25) is 0 Å². The van der Waals surface area contributed by atoms with Gasteiger partial charge in [0.1, 0.15) is 5.75 Å². The molecule has 0 aliphatic rings. The molecule has 2 aromatic rings. The zero-order valence-electron chi connectivity index (χ0n) is 12.3. The van der Waals surface area contributed by atoms with Crippen LogP contribution in [-0.2, 0) is 12.8 Å². The Labute approximate surface area is 123 Å². The zero-order valence-corrected chi connectivity index (χ0v) is 12.3. The van der Waals surface area contributed by atoms with Gasteiger partial charge < -0.3 is 20.1 Å². The van der Waals surface area contributed by atoms with Gasteiger partial charge in [0, 0.05) is 12.5 Å². The third kappa shape index (κ3) is 4.27. The first-order valence-electron chi connectivity index (χ1n) is 6.93. The Morgan fingerprint density at radius 2 is 2.05 bits per heavy atom. The largest absolute Gasteiger partial charge is 0.497 e. The maximum Gasteiger partial charge on any atom is 0.231 e. The fourth-order valence-corrected chi connectivity index (χ4v) is 1.98. The molecule has 2 unspecified atom stereocenters. The van der Waals surface area contributed by atoms with Gasteiger partial charge >= 0.3 is 0 Å². The highest BCUT2D eigenvalue weighted by molar-refractivity contribution is 5.28. The second-order valence-electron chi connectivity index (χ2n) is 5.16. The number of aliphatic hydroxyl groups excluding tert-OH is 1. The van der Waals surface area contributed by atoms with Crippen LogP contribution in [0.15, 0.2) is 28.8 Å². The summed E-state index contributed by atoms with van der Waals surface area (Å²) in [6.07, 6.45) is 1.17. The van der Waals surface area contributed by atoms with E-state index in [0.29, 0.717) is 24.6 Å². The van der Waals surface area contributed by atoms with Crippen molar-refractivity contribution in [2.45, 2.75) is 25.8 Å². The van der Waals surface area contributed by atoms with Crippen molar-refractivity contribution >= 4 is 0 Å². The Hall–Kier alpha value is -1.92. The normalized spacial score (nSPS) is 13.9. The molecule has 114 valence electrons. The molecule has 0 fully saturated rings. The van der Waals surface area contributed by atoms with Gasteiger partial charge in [0.25, 0.3) is 0 Å². The minimum Gasteiger partial charge on any atom is -0.497 e. The second kappa shape index (κ2) is 7.19. The van der Waals surface area contributed by atoms with Gasteiger partial charge in [0.2, 0.25) is 5.89 Å². The van der Waals surface area contributed by atoms with E-state index in [1.807, 2.05) is 31.2 Å². The summed E-state index contributed by atoms with van der Waals surface area (Å²) in [5, 5.41) is 13.0. The molecule has 0 saturated carbocycles. The van der Waals surface area contributed by atoms with E-state index in [-0.39, 0.29) is 18.6 Å². The molecule has 6 heteroatoms. The van der Waals surface area contributed by atoms with Crippen LogP contribution in [-0.4, -0.2) is 35.0 Å². The molecule has 2 atom stereocenters. The number of aliphatic hydroxyl groups is 1. The van der Waals surface area contributed by atoms with E-state index in [0.717, 1.165) is 11.3 Å². The summed E-state index contributed by atoms with van der Waals surface area (Å²) in [4.78, 5) is 4.36. The maximum absolute atomic E-state index is 9.03. The number of aromatic nitrogens is 2. The van der Waals surface area contributed by atoms with Gasteiger partial charge in [0.15, 0.2) is 5.82 Å². The SMILES string of the molecule is COc1ccc(Cc2nc(CC(C)C(N)CO)no2)cc1. The van der Waals surface area contributed by atoms with Gasteiger partial charge in [-0.15, -0.1) is 0 Å². The van der Waals surface area contributed by atoms with Crippen LogP contribution in [0.5, 0.6) is 5.75 Å². The third-order valence-electron chi connectivity index (χ3n) is 3.47. The van der Waals surface area contributed by atoms with Crippen LogP contribution in [0.25, 0.3) is 0 Å². The molecular formula is C15H21N3O3. The van der Waals surface area contributed by atoms with Crippen LogP contribution in [0, 0.1) is 5.92 Å². The predicted molar refractivity (Wildman–Crippen MR) is 78.0 cm³/mol. The highest BCUT2D eigenvalue weighted by Gasteiger charge is 2.16. The number of ether oxygens (including phenoxy) is 1. The quantitative estimate of drug-likeness (QED) is 0.795. The van der Waals surface area contributed by atoms with E-state index in [9.17, 15) is 0 Å². The Morgan fingerprint density at radius 3 is 2.67 bits per heavy atom. The number of nitrogens with zero attached hydrogens (tertiary/aromatic N) is 2. The molecule has 1 heterocycles. The summed E-state index contributed by atoms with van der Waals surface area (Å²) >= 11 is 0. The van der Waals surface area contributed by atoms with Crippen molar-refractivity contribution in [1.82, 2.24) is 10.1 Å². The van der Waals surface area contributed by atoms with E-state index < -0.39 is 0 Å². The van der Waals surface area contributed by atoms with Crippen molar-refractivity contribution in [2.24, 2.45) is 11.7 Å². The van der Waals surface area contributed by atoms with Crippen molar-refractivity contribution in [1.29, 1.82) is 0 Å². The Kier molecular flexibility index (Phi) is 5.30. The van der Waals surface area contributed by atoms with Crippen molar-refractivity contribution in [3.8, 4) is 5.75 Å². The molecule has 3 N–H and O–H groups in total. The van der Waals surface area contributed by atoms with Crippen LogP contribution >= 0.6 is 0 Å². The molecule has 0 spiro atoms. The highest BCUT2D eigenvalue weighted by atomic mass is 16.5. The van der Waals surface area contributed by atoms with Gasteiger partial charge in [-0.3, -0.25) is 0 Å². The summed E-state index contributed by atoms with van der Waals surface area (Å²) < 4.78 is 10.4. The first-order chi connectivity index (χ1) is 10.1. The Balaban J connectivity index is 1.96. The second-order valence-corrected chi connectivity index (χ2v) is 5.16. The van der Waals surface area contributed by atoms with Crippen LogP contribution in [0.1, 0.15) is 24.2 Å². The number of nitrogens with two attached hydrogens (primary N) is 1. The van der Waals surface area contributed by atoms with E-state index in [4.69, 9.17) is 20.1 Å². The molecule has 0 saturated heterocycles. The summed E-state index contributed by atoms with van der Waals surface area (Å²) in [6.45, 7) is 1.91. The van der Waals surface area contributed by atoms with Crippen molar-refractivity contribution in [2.75, 3.05) is 13.7 Å². The fraction of sp³-hybridized carbons (Fsp3) is 0.467. The lowest BCUT2D eigenvalue weighted by molar-refractivity contribution is 0.230. The zero-order chi connectivity index (χ0) is 15.2. The lowest BCUT2D eigenvalue weighted by Crippen LogP contribution is -2.33. The number of benzene rings is 1. The predicted octanol–water partition coefficient (Wildman–Crippen LogP) is 1.17. The molecule has 6 nitrogen and oxygen atoms in total. The van der Waals surface area contributed by atoms with E-state index >= 15 is 0 Å². The van der Waals surface area contributed by atoms with Crippen LogP contribution < -0.4 is 10.5 Å². The first kappa shape index (κ1) is 15.5. The van der Waals surface area contributed by atoms with E-state index in [1.54, 1.807) is 7.11 Å². The Morgan fingerprint density at radius 1 is 1.33 bits per heavy atom. The summed E-state index contributed by atoms with van der Waals surface area (Å²) in [7, 11) is 1.64. The average Bonchev–Trinajstić information content (AvgIpc) is 2.94. The third-order valence-corrected chi connectivity index (χ3v) is 3.47. The van der Waals surface area contributed by atoms with Crippen LogP contribution in [0.4, 0.5) is 0 Å². The topological polar surface area (TPSA) is 94.4 Å². The molecule has 0 aliphatic heterocycles. The lowest BCUT2D eigenvalue weighted by atomic mass is 9.99. The van der Waals surface area contributed by atoms with Crippen molar-refractivity contribution in [3.05, 3.63) is 41.5 Å². The monoisotopic (exact) mass is 291 g/mol. The van der Waals surface area contributed by atoms with Gasteiger partial charge in [0.05, 0.1) is 20.1 Å². The number of methoxy groups -OCH3 is 1. The van der Waals surface area contributed by atoms with Gasteiger partial charge in [-0.2, -0.15) is 4.98 Å². The van der Waals surface area contributed by atoms with E-state index in [1.165, 1.54) is 0 Å². The van der Waals surface area contributed by atoms with Gasteiger partial charge in [-0.05, 0) is 23.6 Å². The van der Waals surface area contributed by atoms with Crippen LogP contribution in [0.3, 0.4) is 0 Å². The van der Waals surface area contributed by atoms with E-state index in [2.05, 4.69) is 10.1 Å². The molecular weight excluding hydrogens is 270 g/mol. The number of hydrogen-bond donors (Lipinski definition) is 2. The minimum absolute atomic E-state index is 0.0439. The fourth-order valence-electron chi connectivity index (χ4n) is 1.98. The smallest absolute Gasteiger partial charge is 0.231 e. The molecule has 2 rings (SSSR count). The Bertz CT molecular complexity index is 554. The number of rotatable bonds is 7. The summed E-state index contributed by atoms with van der Waals surface area (Å²) in [5.41, 5.74) is 6.85. The lowest BCUT2D eigenvalue weighted by Gasteiger charge is -2.14. The van der Waals surface area contributed by atoms with Crippen molar-refractivity contribution < 1.29 is 14.4 Å². The summed E-state index contributed by atoms with van der Waals surface area (Å²) in [5.74, 6) is 2.10. The molecule has 0 aliphatic carbocycles. The standard InChI is InChI=1S/C15H21N3O3/c1-10(13(16)9-19)7-14-17-15(21-18-14)8-11-3-5-12(20-2)6-4-11/h3-6,10,13,19H,7-9,16H2,1-2H3. The highest BCUT2D eigenvalue weighted by Crippen LogP contribution is 2.15. The minimum atomic E-state index is -0.270. The average molecular weight is 291 g/mol. The van der Waals surface area contributed by atoms with Gasteiger partial charge in [-0.25, -0.2) is 0 Å². The molecule has 0 amide bonds. The molecule has 1 aromatic heterocycles.